The largest absolute Gasteiger partial charge is 0.398 e. The van der Waals surface area contributed by atoms with Gasteiger partial charge in [0.1, 0.15) is 5.69 Å². The van der Waals surface area contributed by atoms with Crippen LogP contribution in [0.1, 0.15) is 21.7 Å². The number of rotatable bonds is 3. The summed E-state index contributed by atoms with van der Waals surface area (Å²) < 4.78 is 3.05. The van der Waals surface area contributed by atoms with E-state index in [0.29, 0.717) is 17.9 Å². The van der Waals surface area contributed by atoms with Crippen molar-refractivity contribution in [3.63, 3.8) is 0 Å². The van der Waals surface area contributed by atoms with Crippen LogP contribution in [0.3, 0.4) is 0 Å². The minimum Gasteiger partial charge on any atom is -0.398 e. The van der Waals surface area contributed by atoms with E-state index in [9.17, 15) is 9.59 Å². The Balaban J connectivity index is 1.83. The van der Waals surface area contributed by atoms with Crippen molar-refractivity contribution < 1.29 is 4.79 Å². The molecule has 0 fully saturated rings. The number of fused-ring (bicyclic) bond motifs is 1. The molecule has 0 aliphatic heterocycles. The van der Waals surface area contributed by atoms with Gasteiger partial charge in [0.15, 0.2) is 0 Å². The minimum atomic E-state index is -0.314. The second kappa shape index (κ2) is 6.07. The zero-order chi connectivity index (χ0) is 18.3. The van der Waals surface area contributed by atoms with Crippen LogP contribution < -0.4 is 11.4 Å². The van der Waals surface area contributed by atoms with Gasteiger partial charge in [-0.15, -0.1) is 0 Å². The molecule has 6 heteroatoms. The predicted octanol–water partition coefficient (Wildman–Crippen LogP) is 2.76. The third-order valence-electron chi connectivity index (χ3n) is 4.54. The first kappa shape index (κ1) is 16.0. The Morgan fingerprint density at radius 3 is 2.65 bits per heavy atom. The van der Waals surface area contributed by atoms with E-state index in [1.807, 2.05) is 55.5 Å². The van der Waals surface area contributed by atoms with Crippen LogP contribution >= 0.6 is 0 Å². The second-order valence-corrected chi connectivity index (χ2v) is 6.26. The second-order valence-electron chi connectivity index (χ2n) is 6.26. The summed E-state index contributed by atoms with van der Waals surface area (Å²) >= 11 is 0. The van der Waals surface area contributed by atoms with Gasteiger partial charge in [0.25, 0.3) is 5.91 Å². The number of nitrogens with one attached hydrogen (secondary N) is 1. The summed E-state index contributed by atoms with van der Waals surface area (Å²) in [4.78, 5) is 28.1. The summed E-state index contributed by atoms with van der Waals surface area (Å²) in [5, 5.41) is 0.825. The number of nitrogens with two attached hydrogens (primary N) is 1. The Morgan fingerprint density at radius 1 is 1.12 bits per heavy atom. The Bertz CT molecular complexity index is 1170. The van der Waals surface area contributed by atoms with Gasteiger partial charge in [-0.05, 0) is 30.7 Å². The molecule has 0 saturated carbocycles. The molecular formula is C20H18N4O2. The number of benzene rings is 2. The Kier molecular flexibility index (Phi) is 3.73. The fourth-order valence-electron chi connectivity index (χ4n) is 3.27. The van der Waals surface area contributed by atoms with Gasteiger partial charge in [0.2, 0.25) is 0 Å². The first-order valence-corrected chi connectivity index (χ1v) is 8.29. The van der Waals surface area contributed by atoms with Crippen molar-refractivity contribution in [2.75, 3.05) is 5.73 Å². The smallest absolute Gasteiger partial charge is 0.326 e. The third-order valence-corrected chi connectivity index (χ3v) is 4.54. The zero-order valence-electron chi connectivity index (χ0n) is 14.3. The molecule has 4 aromatic rings. The standard InChI is InChI=1S/C20H18N4O2/c1-13-10-15-16(21)8-5-9-17(15)24(13)19(25)18-11-22-20(26)23(18)12-14-6-3-2-4-7-14/h2-11H,12,21H2,1H3,(H,22,26). The minimum absolute atomic E-state index is 0.266. The first-order valence-electron chi connectivity index (χ1n) is 8.29. The van der Waals surface area contributed by atoms with Gasteiger partial charge in [0, 0.05) is 23.0 Å². The van der Waals surface area contributed by atoms with Crippen molar-refractivity contribution in [3.8, 4) is 0 Å². The molecule has 0 bridgehead atoms. The van der Waals surface area contributed by atoms with Crippen molar-refractivity contribution in [2.45, 2.75) is 13.5 Å². The van der Waals surface area contributed by atoms with E-state index < -0.39 is 0 Å². The Labute approximate surface area is 149 Å². The van der Waals surface area contributed by atoms with Crippen molar-refractivity contribution in [1.82, 2.24) is 14.1 Å². The number of nitrogen functional groups attached to an aromatic ring is 1. The summed E-state index contributed by atoms with van der Waals surface area (Å²) in [6, 6.07) is 16.9. The number of carbonyl (C=O) groups excluding carboxylic acids is 1. The van der Waals surface area contributed by atoms with E-state index in [4.69, 9.17) is 5.73 Å². The average molecular weight is 346 g/mol. The molecule has 26 heavy (non-hydrogen) atoms. The maximum atomic E-state index is 13.2. The van der Waals surface area contributed by atoms with Crippen LogP contribution in [0.15, 0.2) is 65.6 Å². The highest BCUT2D eigenvalue weighted by molar-refractivity contribution is 6.04. The number of carbonyl (C=O) groups is 1. The van der Waals surface area contributed by atoms with Crippen LogP contribution in [0, 0.1) is 6.92 Å². The molecule has 0 radical (unpaired) electrons. The van der Waals surface area contributed by atoms with Gasteiger partial charge in [-0.2, -0.15) is 0 Å². The average Bonchev–Trinajstić information content (AvgIpc) is 3.16. The van der Waals surface area contributed by atoms with Gasteiger partial charge < -0.3 is 10.7 Å². The molecule has 0 aliphatic rings. The van der Waals surface area contributed by atoms with Crippen molar-refractivity contribution >= 4 is 22.5 Å². The maximum absolute atomic E-state index is 13.2. The molecule has 2 heterocycles. The quantitative estimate of drug-likeness (QED) is 0.559. The predicted molar refractivity (Wildman–Crippen MR) is 101 cm³/mol. The number of aromatic nitrogens is 3. The molecule has 0 spiro atoms. The molecule has 130 valence electrons. The molecule has 0 unspecified atom stereocenters. The molecule has 0 amide bonds. The number of hydrogen-bond donors (Lipinski definition) is 2. The molecule has 0 atom stereocenters. The number of H-pyrrole nitrogens is 1. The van der Waals surface area contributed by atoms with E-state index in [-0.39, 0.29) is 11.6 Å². The number of aryl methyl sites for hydroxylation is 1. The van der Waals surface area contributed by atoms with E-state index >= 15 is 0 Å². The molecule has 3 N–H and O–H groups in total. The van der Waals surface area contributed by atoms with Gasteiger partial charge in [0.05, 0.1) is 12.1 Å². The maximum Gasteiger partial charge on any atom is 0.326 e. The Morgan fingerprint density at radius 2 is 1.88 bits per heavy atom. The highest BCUT2D eigenvalue weighted by atomic mass is 16.2. The molecule has 6 nitrogen and oxygen atoms in total. The van der Waals surface area contributed by atoms with E-state index in [0.717, 1.165) is 22.2 Å². The lowest BCUT2D eigenvalue weighted by atomic mass is 10.2. The number of aromatic amines is 1. The highest BCUT2D eigenvalue weighted by Crippen LogP contribution is 2.25. The summed E-state index contributed by atoms with van der Waals surface area (Å²) in [5.74, 6) is -0.266. The van der Waals surface area contributed by atoms with E-state index in [1.54, 1.807) is 10.6 Å². The van der Waals surface area contributed by atoms with Crippen molar-refractivity contribution in [2.24, 2.45) is 0 Å². The lowest BCUT2D eigenvalue weighted by molar-refractivity contribution is 0.0954. The number of hydrogen-bond acceptors (Lipinski definition) is 3. The summed E-state index contributed by atoms with van der Waals surface area (Å²) in [6.45, 7) is 2.17. The van der Waals surface area contributed by atoms with Crippen LogP contribution in [0.5, 0.6) is 0 Å². The van der Waals surface area contributed by atoms with E-state index in [1.165, 1.54) is 10.8 Å². The zero-order valence-corrected chi connectivity index (χ0v) is 14.3. The number of nitrogens with zero attached hydrogens (tertiary/aromatic N) is 2. The highest BCUT2D eigenvalue weighted by Gasteiger charge is 2.20. The molecular weight excluding hydrogens is 328 g/mol. The summed E-state index contributed by atoms with van der Waals surface area (Å²) in [5.41, 5.74) is 9.08. The van der Waals surface area contributed by atoms with Crippen LogP contribution in [-0.4, -0.2) is 20.0 Å². The fraction of sp³-hybridized carbons (Fsp3) is 0.100. The molecule has 0 aliphatic carbocycles. The monoisotopic (exact) mass is 346 g/mol. The third kappa shape index (κ3) is 2.52. The van der Waals surface area contributed by atoms with Crippen LogP contribution in [-0.2, 0) is 6.54 Å². The lowest BCUT2D eigenvalue weighted by Crippen LogP contribution is -2.24. The van der Waals surface area contributed by atoms with Gasteiger partial charge in [-0.1, -0.05) is 36.4 Å². The summed E-state index contributed by atoms with van der Waals surface area (Å²) in [7, 11) is 0. The Hall–Kier alpha value is -3.54. The van der Waals surface area contributed by atoms with E-state index in [2.05, 4.69) is 4.98 Å². The molecule has 2 aromatic heterocycles. The topological polar surface area (TPSA) is 85.8 Å². The lowest BCUT2D eigenvalue weighted by Gasteiger charge is -2.10. The molecule has 2 aromatic carbocycles. The fourth-order valence-corrected chi connectivity index (χ4v) is 3.27. The van der Waals surface area contributed by atoms with Gasteiger partial charge >= 0.3 is 5.69 Å². The number of anilines is 1. The van der Waals surface area contributed by atoms with Crippen LogP contribution in [0.4, 0.5) is 5.69 Å². The first-order chi connectivity index (χ1) is 12.6. The number of imidazole rings is 1. The molecule has 4 rings (SSSR count). The van der Waals surface area contributed by atoms with Crippen molar-refractivity contribution in [3.05, 3.63) is 88.2 Å². The van der Waals surface area contributed by atoms with Crippen molar-refractivity contribution in [1.29, 1.82) is 0 Å². The normalized spacial score (nSPS) is 11.1. The van der Waals surface area contributed by atoms with Crippen LogP contribution in [0.25, 0.3) is 10.9 Å². The summed E-state index contributed by atoms with van der Waals surface area (Å²) in [6.07, 6.45) is 1.46. The SMILES string of the molecule is Cc1cc2c(N)cccc2n1C(=O)c1c[nH]c(=O)n1Cc1ccccc1. The molecule has 0 saturated heterocycles. The van der Waals surface area contributed by atoms with Gasteiger partial charge in [-0.3, -0.25) is 13.9 Å². The van der Waals surface area contributed by atoms with Gasteiger partial charge in [-0.25, -0.2) is 4.79 Å². The van der Waals surface area contributed by atoms with Crippen LogP contribution in [0.2, 0.25) is 0 Å².